The van der Waals surface area contributed by atoms with Crippen LogP contribution in [0, 0.1) is 11.8 Å². The molecule has 1 rings (SSSR count). The van der Waals surface area contributed by atoms with E-state index in [9.17, 15) is 0 Å². The van der Waals surface area contributed by atoms with Crippen molar-refractivity contribution in [3.8, 4) is 17.6 Å². The number of hydrogen-bond donors (Lipinski definition) is 1. The molecule has 0 aliphatic carbocycles. The fourth-order valence-electron chi connectivity index (χ4n) is 0.913. The summed E-state index contributed by atoms with van der Waals surface area (Å²) in [5.41, 5.74) is 6.42. The molecule has 1 aromatic rings. The molecule has 16 heavy (non-hydrogen) atoms. The highest BCUT2D eigenvalue weighted by Gasteiger charge is 1.92. The van der Waals surface area contributed by atoms with Gasteiger partial charge in [-0.1, -0.05) is 11.8 Å². The number of aromatic nitrogens is 1. The first kappa shape index (κ1) is 17.4. The molecule has 3 nitrogen and oxygen atoms in total. The first-order valence-electron chi connectivity index (χ1n) is 4.46. The Labute approximate surface area is 109 Å². The van der Waals surface area contributed by atoms with Gasteiger partial charge in [0.25, 0.3) is 0 Å². The molecular weight excluding hydrogens is 247 g/mol. The Morgan fingerprint density at radius 2 is 2.12 bits per heavy atom. The molecule has 0 fully saturated rings. The van der Waals surface area contributed by atoms with E-state index in [2.05, 4.69) is 16.8 Å². The zero-order chi connectivity index (χ0) is 10.4. The van der Waals surface area contributed by atoms with Crippen molar-refractivity contribution in [3.63, 3.8) is 0 Å². The number of hydrogen-bond acceptors (Lipinski definition) is 3. The van der Waals surface area contributed by atoms with Crippen LogP contribution in [0.15, 0.2) is 18.5 Å². The zero-order valence-corrected chi connectivity index (χ0v) is 10.9. The fourth-order valence-corrected chi connectivity index (χ4v) is 0.913. The SMILES string of the molecule is COc1cncc(C#CC[C@H](C)N)c1.Cl.Cl. The molecule has 0 aromatic carbocycles. The molecule has 0 unspecified atom stereocenters. The van der Waals surface area contributed by atoms with Crippen molar-refractivity contribution in [2.45, 2.75) is 19.4 Å². The van der Waals surface area contributed by atoms with Gasteiger partial charge in [-0.25, -0.2) is 0 Å². The molecule has 0 aliphatic heterocycles. The first-order valence-corrected chi connectivity index (χ1v) is 4.46. The molecule has 0 spiro atoms. The minimum atomic E-state index is 0. The molecule has 90 valence electrons. The van der Waals surface area contributed by atoms with Gasteiger partial charge in [0.1, 0.15) is 5.75 Å². The van der Waals surface area contributed by atoms with Gasteiger partial charge in [0, 0.05) is 24.2 Å². The summed E-state index contributed by atoms with van der Waals surface area (Å²) in [5, 5.41) is 0. The predicted molar refractivity (Wildman–Crippen MR) is 70.4 cm³/mol. The number of ether oxygens (including phenoxy) is 1. The Morgan fingerprint density at radius 3 is 2.69 bits per heavy atom. The Balaban J connectivity index is 0. The lowest BCUT2D eigenvalue weighted by molar-refractivity contribution is 0.413. The van der Waals surface area contributed by atoms with Crippen LogP contribution in [0.2, 0.25) is 0 Å². The number of methoxy groups -OCH3 is 1. The lowest BCUT2D eigenvalue weighted by Gasteiger charge is -1.98. The molecule has 0 aliphatic rings. The van der Waals surface area contributed by atoms with E-state index in [1.165, 1.54) is 0 Å². The summed E-state index contributed by atoms with van der Waals surface area (Å²) in [6.45, 7) is 1.93. The van der Waals surface area contributed by atoms with Crippen LogP contribution in [-0.4, -0.2) is 18.1 Å². The second-order valence-corrected chi connectivity index (χ2v) is 3.10. The van der Waals surface area contributed by atoms with Crippen LogP contribution in [0.4, 0.5) is 0 Å². The zero-order valence-electron chi connectivity index (χ0n) is 9.27. The Bertz CT molecular complexity index is 358. The van der Waals surface area contributed by atoms with Gasteiger partial charge in [-0.2, -0.15) is 0 Å². The quantitative estimate of drug-likeness (QED) is 0.830. The minimum Gasteiger partial charge on any atom is -0.495 e. The number of nitrogens with zero attached hydrogens (tertiary/aromatic N) is 1. The van der Waals surface area contributed by atoms with Crippen LogP contribution in [0.3, 0.4) is 0 Å². The average Bonchev–Trinajstić information content (AvgIpc) is 2.18. The van der Waals surface area contributed by atoms with Crippen molar-refractivity contribution >= 4 is 24.8 Å². The minimum absolute atomic E-state index is 0. The molecule has 0 radical (unpaired) electrons. The summed E-state index contributed by atoms with van der Waals surface area (Å²) in [6, 6.07) is 1.96. The molecule has 0 saturated carbocycles. The van der Waals surface area contributed by atoms with Gasteiger partial charge in [-0.15, -0.1) is 24.8 Å². The van der Waals surface area contributed by atoms with Crippen LogP contribution in [0.5, 0.6) is 5.75 Å². The Kier molecular flexibility index (Phi) is 10.1. The summed E-state index contributed by atoms with van der Waals surface area (Å²) in [4.78, 5) is 3.99. The number of rotatable bonds is 2. The standard InChI is InChI=1S/C11H14N2O.2ClH/c1-9(12)4-3-5-10-6-11(14-2)8-13-7-10;;/h6-9H,4,12H2,1-2H3;2*1H/t9-;;/m0../s1. The summed E-state index contributed by atoms with van der Waals surface area (Å²) in [7, 11) is 1.61. The molecule has 0 amide bonds. The van der Waals surface area contributed by atoms with E-state index in [0.717, 1.165) is 11.3 Å². The van der Waals surface area contributed by atoms with Crippen molar-refractivity contribution in [1.29, 1.82) is 0 Å². The fraction of sp³-hybridized carbons (Fsp3) is 0.364. The molecule has 2 N–H and O–H groups in total. The molecular formula is C11H16Cl2N2O. The number of nitrogens with two attached hydrogens (primary N) is 1. The van der Waals surface area contributed by atoms with Gasteiger partial charge >= 0.3 is 0 Å². The third-order valence-corrected chi connectivity index (χ3v) is 1.61. The van der Waals surface area contributed by atoms with Crippen molar-refractivity contribution < 1.29 is 4.74 Å². The summed E-state index contributed by atoms with van der Waals surface area (Å²) >= 11 is 0. The molecule has 1 atom stereocenters. The predicted octanol–water partition coefficient (Wildman–Crippen LogP) is 2.02. The molecule has 1 heterocycles. The average molecular weight is 263 g/mol. The van der Waals surface area contributed by atoms with E-state index >= 15 is 0 Å². The highest BCUT2D eigenvalue weighted by atomic mass is 35.5. The first-order chi connectivity index (χ1) is 6.72. The molecule has 1 aromatic heterocycles. The van der Waals surface area contributed by atoms with Crippen LogP contribution < -0.4 is 10.5 Å². The second kappa shape index (κ2) is 9.29. The van der Waals surface area contributed by atoms with Crippen LogP contribution in [0.25, 0.3) is 0 Å². The summed E-state index contributed by atoms with van der Waals surface area (Å²) < 4.78 is 5.03. The van der Waals surface area contributed by atoms with Crippen LogP contribution in [-0.2, 0) is 0 Å². The van der Waals surface area contributed by atoms with Crippen molar-refractivity contribution in [1.82, 2.24) is 4.98 Å². The van der Waals surface area contributed by atoms with E-state index in [-0.39, 0.29) is 30.9 Å². The second-order valence-electron chi connectivity index (χ2n) is 3.10. The monoisotopic (exact) mass is 262 g/mol. The number of pyridine rings is 1. The Hall–Kier alpha value is -0.950. The number of halogens is 2. The lowest BCUT2D eigenvalue weighted by atomic mass is 10.2. The highest BCUT2D eigenvalue weighted by molar-refractivity contribution is 5.85. The topological polar surface area (TPSA) is 48.1 Å². The summed E-state index contributed by atoms with van der Waals surface area (Å²) in [5.74, 6) is 6.68. The third kappa shape index (κ3) is 6.52. The van der Waals surface area contributed by atoms with Gasteiger partial charge in [0.05, 0.1) is 13.3 Å². The van der Waals surface area contributed by atoms with E-state index < -0.39 is 0 Å². The van der Waals surface area contributed by atoms with E-state index in [0.29, 0.717) is 6.42 Å². The van der Waals surface area contributed by atoms with Gasteiger partial charge in [0.15, 0.2) is 0 Å². The van der Waals surface area contributed by atoms with Crippen LogP contribution >= 0.6 is 24.8 Å². The maximum atomic E-state index is 5.57. The van der Waals surface area contributed by atoms with Crippen molar-refractivity contribution in [2.24, 2.45) is 5.73 Å². The van der Waals surface area contributed by atoms with E-state index in [1.807, 2.05) is 13.0 Å². The molecule has 0 saturated heterocycles. The van der Waals surface area contributed by atoms with Crippen LogP contribution in [0.1, 0.15) is 18.9 Å². The van der Waals surface area contributed by atoms with Gasteiger partial charge in [-0.05, 0) is 13.0 Å². The Morgan fingerprint density at radius 1 is 1.44 bits per heavy atom. The van der Waals surface area contributed by atoms with Crippen molar-refractivity contribution in [2.75, 3.05) is 7.11 Å². The maximum Gasteiger partial charge on any atom is 0.138 e. The van der Waals surface area contributed by atoms with E-state index in [4.69, 9.17) is 10.5 Å². The van der Waals surface area contributed by atoms with Crippen molar-refractivity contribution in [3.05, 3.63) is 24.0 Å². The third-order valence-electron chi connectivity index (χ3n) is 1.61. The summed E-state index contributed by atoms with van der Waals surface area (Å²) in [6.07, 6.45) is 4.05. The largest absolute Gasteiger partial charge is 0.495 e. The lowest BCUT2D eigenvalue weighted by Crippen LogP contribution is -2.12. The molecule has 0 bridgehead atoms. The van der Waals surface area contributed by atoms with Gasteiger partial charge < -0.3 is 10.5 Å². The smallest absolute Gasteiger partial charge is 0.138 e. The van der Waals surface area contributed by atoms with E-state index in [1.54, 1.807) is 19.5 Å². The maximum absolute atomic E-state index is 5.57. The normalized spacial score (nSPS) is 9.94. The van der Waals surface area contributed by atoms with Gasteiger partial charge in [-0.3, -0.25) is 4.98 Å². The highest BCUT2D eigenvalue weighted by Crippen LogP contribution is 2.08. The molecule has 5 heteroatoms. The van der Waals surface area contributed by atoms with Gasteiger partial charge in [0.2, 0.25) is 0 Å².